The minimum Gasteiger partial charge on any atom is -0.279 e. The molecule has 0 unspecified atom stereocenters. The predicted molar refractivity (Wildman–Crippen MR) is 104 cm³/mol. The second-order valence-corrected chi connectivity index (χ2v) is 10.3. The lowest BCUT2D eigenvalue weighted by Gasteiger charge is -2.19. The Morgan fingerprint density at radius 1 is 1.00 bits per heavy atom. The van der Waals surface area contributed by atoms with Crippen molar-refractivity contribution in [2.45, 2.75) is 32.1 Å². The van der Waals surface area contributed by atoms with Crippen LogP contribution in [0.5, 0.6) is 0 Å². The molecule has 1 aliphatic rings. The smallest absolute Gasteiger partial charge is 0.262 e. The van der Waals surface area contributed by atoms with Gasteiger partial charge < -0.3 is 0 Å². The van der Waals surface area contributed by atoms with Crippen molar-refractivity contribution >= 4 is 31.4 Å². The molecule has 0 aromatic heterocycles. The highest BCUT2D eigenvalue weighted by Gasteiger charge is 2.29. The Morgan fingerprint density at radius 3 is 2.35 bits per heavy atom. The van der Waals surface area contributed by atoms with Gasteiger partial charge in [-0.15, -0.1) is 0 Å². The van der Waals surface area contributed by atoms with Crippen LogP contribution in [0.2, 0.25) is 0 Å². The topological polar surface area (TPSA) is 83.6 Å². The minimum absolute atomic E-state index is 0.116. The number of anilines is 2. The average molecular weight is 395 g/mol. The molecular formula is C18H22N2O4S2. The van der Waals surface area contributed by atoms with E-state index in [-0.39, 0.29) is 10.6 Å². The number of hydrogen-bond acceptors (Lipinski definition) is 4. The van der Waals surface area contributed by atoms with Crippen LogP contribution in [0.3, 0.4) is 0 Å². The maximum absolute atomic E-state index is 12.8. The number of nitrogens with zero attached hydrogens (tertiary/aromatic N) is 1. The van der Waals surface area contributed by atoms with Crippen LogP contribution in [0.1, 0.15) is 23.1 Å². The molecule has 0 radical (unpaired) electrons. The van der Waals surface area contributed by atoms with Crippen molar-refractivity contribution < 1.29 is 16.8 Å². The van der Waals surface area contributed by atoms with Crippen molar-refractivity contribution in [1.29, 1.82) is 0 Å². The molecule has 140 valence electrons. The van der Waals surface area contributed by atoms with Crippen LogP contribution in [0.4, 0.5) is 11.4 Å². The first-order valence-electron chi connectivity index (χ1n) is 8.31. The van der Waals surface area contributed by atoms with Crippen molar-refractivity contribution in [3.63, 3.8) is 0 Å². The number of benzene rings is 2. The van der Waals surface area contributed by atoms with E-state index in [1.54, 1.807) is 44.2 Å². The highest BCUT2D eigenvalue weighted by molar-refractivity contribution is 7.93. The summed E-state index contributed by atoms with van der Waals surface area (Å²) in [4.78, 5) is 0.210. The molecule has 8 heteroatoms. The normalized spacial score (nSPS) is 16.7. The van der Waals surface area contributed by atoms with E-state index < -0.39 is 20.0 Å². The maximum Gasteiger partial charge on any atom is 0.262 e. The van der Waals surface area contributed by atoms with Gasteiger partial charge >= 0.3 is 0 Å². The second-order valence-electron chi connectivity index (χ2n) is 6.62. The predicted octanol–water partition coefficient (Wildman–Crippen LogP) is 2.95. The van der Waals surface area contributed by atoms with Crippen LogP contribution in [-0.2, 0) is 20.0 Å². The van der Waals surface area contributed by atoms with Gasteiger partial charge in [0.1, 0.15) is 0 Å². The summed E-state index contributed by atoms with van der Waals surface area (Å²) in [5.41, 5.74) is 3.22. The fraction of sp³-hybridized carbons (Fsp3) is 0.333. The van der Waals surface area contributed by atoms with Crippen LogP contribution >= 0.6 is 0 Å². The van der Waals surface area contributed by atoms with Crippen LogP contribution in [0, 0.1) is 20.8 Å². The van der Waals surface area contributed by atoms with E-state index in [0.29, 0.717) is 29.9 Å². The van der Waals surface area contributed by atoms with Gasteiger partial charge in [0.05, 0.1) is 22.0 Å². The number of aryl methyl sites for hydroxylation is 3. The quantitative estimate of drug-likeness (QED) is 0.864. The Morgan fingerprint density at radius 2 is 1.73 bits per heavy atom. The molecule has 2 aromatic carbocycles. The van der Waals surface area contributed by atoms with Crippen molar-refractivity contribution in [2.24, 2.45) is 0 Å². The summed E-state index contributed by atoms with van der Waals surface area (Å²) < 4.78 is 53.8. The van der Waals surface area contributed by atoms with Gasteiger partial charge in [-0.2, -0.15) is 0 Å². The lowest BCUT2D eigenvalue weighted by Crippen LogP contribution is -2.25. The monoisotopic (exact) mass is 394 g/mol. The van der Waals surface area contributed by atoms with E-state index in [0.717, 1.165) is 11.1 Å². The molecule has 26 heavy (non-hydrogen) atoms. The standard InChI is InChI=1S/C18H22N2O4S2/c1-13-5-8-18(15(3)11-13)26(23,24)19-17-12-16(7-6-14(17)2)20-9-4-10-25(20,21)22/h5-8,11-12,19H,4,9-10H2,1-3H3. The van der Waals surface area contributed by atoms with Crippen LogP contribution in [-0.4, -0.2) is 29.1 Å². The summed E-state index contributed by atoms with van der Waals surface area (Å²) in [6.07, 6.45) is 0.569. The molecule has 1 heterocycles. The van der Waals surface area contributed by atoms with Gasteiger partial charge in [-0.05, 0) is 56.5 Å². The zero-order valence-corrected chi connectivity index (χ0v) is 16.6. The Kier molecular flexibility index (Phi) is 4.74. The van der Waals surface area contributed by atoms with Gasteiger partial charge in [0.2, 0.25) is 10.0 Å². The third kappa shape index (κ3) is 3.57. The van der Waals surface area contributed by atoms with E-state index in [1.165, 1.54) is 4.31 Å². The molecule has 1 saturated heterocycles. The van der Waals surface area contributed by atoms with Crippen LogP contribution in [0.25, 0.3) is 0 Å². The molecule has 0 aliphatic carbocycles. The van der Waals surface area contributed by atoms with Crippen molar-refractivity contribution in [1.82, 2.24) is 0 Å². The molecule has 0 amide bonds. The zero-order chi connectivity index (χ0) is 19.1. The van der Waals surface area contributed by atoms with E-state index in [9.17, 15) is 16.8 Å². The first-order chi connectivity index (χ1) is 12.1. The summed E-state index contributed by atoms with van der Waals surface area (Å²) in [7, 11) is -7.09. The molecule has 0 bridgehead atoms. The SMILES string of the molecule is Cc1ccc(S(=O)(=O)Nc2cc(N3CCCS3(=O)=O)ccc2C)c(C)c1. The first-order valence-corrected chi connectivity index (χ1v) is 11.4. The molecular weight excluding hydrogens is 372 g/mol. The molecule has 0 atom stereocenters. The average Bonchev–Trinajstić information content (AvgIpc) is 2.88. The van der Waals surface area contributed by atoms with Crippen LogP contribution < -0.4 is 9.03 Å². The fourth-order valence-electron chi connectivity index (χ4n) is 3.11. The molecule has 0 saturated carbocycles. The number of hydrogen-bond donors (Lipinski definition) is 1. The van der Waals surface area contributed by atoms with Crippen molar-refractivity contribution in [3.8, 4) is 0 Å². The van der Waals surface area contributed by atoms with E-state index >= 15 is 0 Å². The summed E-state index contributed by atoms with van der Waals surface area (Å²) in [5.74, 6) is 0.116. The molecule has 1 aliphatic heterocycles. The molecule has 2 aromatic rings. The van der Waals surface area contributed by atoms with Gasteiger partial charge in [0.25, 0.3) is 10.0 Å². The van der Waals surface area contributed by atoms with E-state index in [1.807, 2.05) is 13.0 Å². The maximum atomic E-state index is 12.8. The lowest BCUT2D eigenvalue weighted by molar-refractivity contribution is 0.598. The summed E-state index contributed by atoms with van der Waals surface area (Å²) >= 11 is 0. The number of nitrogens with one attached hydrogen (secondary N) is 1. The summed E-state index contributed by atoms with van der Waals surface area (Å²) in [6, 6.07) is 10.2. The largest absolute Gasteiger partial charge is 0.279 e. The molecule has 0 spiro atoms. The van der Waals surface area contributed by atoms with Gasteiger partial charge in [0.15, 0.2) is 0 Å². The van der Waals surface area contributed by atoms with Crippen molar-refractivity contribution in [2.75, 3.05) is 21.3 Å². The second kappa shape index (κ2) is 6.59. The summed E-state index contributed by atoms with van der Waals surface area (Å²) in [5, 5.41) is 0. The minimum atomic E-state index is -3.77. The first kappa shape index (κ1) is 18.7. The lowest BCUT2D eigenvalue weighted by atomic mass is 10.2. The highest BCUT2D eigenvalue weighted by Crippen LogP contribution is 2.30. The third-order valence-corrected chi connectivity index (χ3v) is 7.87. The molecule has 1 N–H and O–H groups in total. The molecule has 1 fully saturated rings. The Hall–Kier alpha value is -2.06. The Balaban J connectivity index is 1.98. The van der Waals surface area contributed by atoms with E-state index in [2.05, 4.69) is 4.72 Å². The summed E-state index contributed by atoms with van der Waals surface area (Å²) in [6.45, 7) is 5.85. The Bertz CT molecular complexity index is 1060. The van der Waals surface area contributed by atoms with Gasteiger partial charge in [-0.3, -0.25) is 9.03 Å². The van der Waals surface area contributed by atoms with Gasteiger partial charge in [-0.1, -0.05) is 23.8 Å². The number of rotatable bonds is 4. The number of sulfonamides is 2. The van der Waals surface area contributed by atoms with Gasteiger partial charge in [0, 0.05) is 6.54 Å². The third-order valence-electron chi connectivity index (χ3n) is 4.47. The Labute approximate surface area is 155 Å². The van der Waals surface area contributed by atoms with Crippen molar-refractivity contribution in [3.05, 3.63) is 53.1 Å². The zero-order valence-electron chi connectivity index (χ0n) is 15.0. The van der Waals surface area contributed by atoms with Crippen LogP contribution in [0.15, 0.2) is 41.3 Å². The van der Waals surface area contributed by atoms with E-state index in [4.69, 9.17) is 0 Å². The molecule has 6 nitrogen and oxygen atoms in total. The fourth-order valence-corrected chi connectivity index (χ4v) is 6.01. The van der Waals surface area contributed by atoms with Gasteiger partial charge in [-0.25, -0.2) is 16.8 Å². The highest BCUT2D eigenvalue weighted by atomic mass is 32.2. The molecule has 3 rings (SSSR count).